The van der Waals surface area contributed by atoms with Crippen molar-refractivity contribution in [1.82, 2.24) is 14.7 Å². The Bertz CT molecular complexity index is 455. The monoisotopic (exact) mass is 251 g/mol. The third-order valence-electron chi connectivity index (χ3n) is 3.78. The summed E-state index contributed by atoms with van der Waals surface area (Å²) in [7, 11) is 1.93. The minimum absolute atomic E-state index is 0.605. The van der Waals surface area contributed by atoms with Crippen LogP contribution < -0.4 is 0 Å². The first kappa shape index (κ1) is 13.1. The Morgan fingerprint density at radius 2 is 2.33 bits per heavy atom. The smallest absolute Gasteiger partial charge is 0.310 e. The van der Waals surface area contributed by atoms with Gasteiger partial charge >= 0.3 is 5.97 Å². The second kappa shape index (κ2) is 4.72. The molecule has 1 aromatic rings. The Hall–Kier alpha value is -1.36. The molecule has 1 aliphatic heterocycles. The fourth-order valence-corrected chi connectivity index (χ4v) is 2.70. The van der Waals surface area contributed by atoms with Gasteiger partial charge in [0.15, 0.2) is 0 Å². The Morgan fingerprint density at radius 1 is 1.61 bits per heavy atom. The van der Waals surface area contributed by atoms with Gasteiger partial charge in [-0.2, -0.15) is 5.10 Å². The fourth-order valence-electron chi connectivity index (χ4n) is 2.70. The summed E-state index contributed by atoms with van der Waals surface area (Å²) in [6.45, 7) is 6.18. The van der Waals surface area contributed by atoms with Crippen molar-refractivity contribution in [3.05, 3.63) is 17.5 Å². The minimum atomic E-state index is -0.687. The van der Waals surface area contributed by atoms with Crippen molar-refractivity contribution >= 4 is 5.97 Å². The Labute approximate surface area is 107 Å². The number of hydrogen-bond acceptors (Lipinski definition) is 3. The number of hydrogen-bond donors (Lipinski definition) is 1. The van der Waals surface area contributed by atoms with Gasteiger partial charge in [0.25, 0.3) is 0 Å². The van der Waals surface area contributed by atoms with Gasteiger partial charge in [0.1, 0.15) is 0 Å². The molecule has 1 aliphatic rings. The summed E-state index contributed by atoms with van der Waals surface area (Å²) < 4.78 is 1.88. The van der Waals surface area contributed by atoms with Crippen LogP contribution in [0.1, 0.15) is 31.2 Å². The van der Waals surface area contributed by atoms with Crippen LogP contribution in [-0.2, 0) is 18.4 Å². The highest BCUT2D eigenvalue weighted by molar-refractivity contribution is 5.74. The Morgan fingerprint density at radius 3 is 2.89 bits per heavy atom. The zero-order valence-electron chi connectivity index (χ0n) is 11.3. The van der Waals surface area contributed by atoms with E-state index in [4.69, 9.17) is 0 Å². The molecule has 0 bridgehead atoms. The first-order valence-electron chi connectivity index (χ1n) is 6.36. The molecule has 5 heteroatoms. The highest BCUT2D eigenvalue weighted by Crippen LogP contribution is 2.30. The van der Waals surface area contributed by atoms with Crippen molar-refractivity contribution in [2.75, 3.05) is 13.1 Å². The van der Waals surface area contributed by atoms with Crippen LogP contribution >= 0.6 is 0 Å². The summed E-state index contributed by atoms with van der Waals surface area (Å²) in [4.78, 5) is 13.5. The molecule has 0 aliphatic carbocycles. The van der Waals surface area contributed by atoms with Gasteiger partial charge in [-0.25, -0.2) is 0 Å². The molecule has 1 fully saturated rings. The van der Waals surface area contributed by atoms with Gasteiger partial charge < -0.3 is 5.11 Å². The van der Waals surface area contributed by atoms with Crippen molar-refractivity contribution in [3.63, 3.8) is 0 Å². The maximum absolute atomic E-state index is 11.3. The van der Waals surface area contributed by atoms with Gasteiger partial charge in [0.2, 0.25) is 0 Å². The molecule has 1 atom stereocenters. The number of aryl methyl sites for hydroxylation is 2. The van der Waals surface area contributed by atoms with Crippen molar-refractivity contribution in [2.45, 2.75) is 33.2 Å². The summed E-state index contributed by atoms with van der Waals surface area (Å²) in [5.41, 5.74) is 1.54. The molecule has 18 heavy (non-hydrogen) atoms. The molecule has 1 saturated heterocycles. The third kappa shape index (κ3) is 2.56. The van der Waals surface area contributed by atoms with Crippen LogP contribution in [0.2, 0.25) is 0 Å². The van der Waals surface area contributed by atoms with E-state index in [1.165, 1.54) is 0 Å². The molecule has 1 aromatic heterocycles. The Balaban J connectivity index is 2.06. The topological polar surface area (TPSA) is 58.4 Å². The quantitative estimate of drug-likeness (QED) is 0.882. The van der Waals surface area contributed by atoms with E-state index in [2.05, 4.69) is 16.1 Å². The van der Waals surface area contributed by atoms with Gasteiger partial charge in [0, 0.05) is 20.1 Å². The van der Waals surface area contributed by atoms with Crippen LogP contribution in [0.3, 0.4) is 0 Å². The third-order valence-corrected chi connectivity index (χ3v) is 3.78. The van der Waals surface area contributed by atoms with Crippen molar-refractivity contribution in [1.29, 1.82) is 0 Å². The molecule has 0 radical (unpaired) electrons. The average molecular weight is 251 g/mol. The highest BCUT2D eigenvalue weighted by Gasteiger charge is 2.37. The molecule has 100 valence electrons. The van der Waals surface area contributed by atoms with Gasteiger partial charge in [-0.05, 0) is 39.3 Å². The summed E-state index contributed by atoms with van der Waals surface area (Å²) in [5, 5.41) is 13.6. The van der Waals surface area contributed by atoms with E-state index >= 15 is 0 Å². The van der Waals surface area contributed by atoms with Gasteiger partial charge in [-0.1, -0.05) is 0 Å². The van der Waals surface area contributed by atoms with Crippen molar-refractivity contribution in [3.8, 4) is 0 Å². The second-order valence-corrected chi connectivity index (χ2v) is 5.58. The number of carboxylic acid groups (broad SMARTS) is 1. The normalized spacial score (nSPS) is 25.3. The molecule has 0 aromatic carbocycles. The lowest BCUT2D eigenvalue weighted by atomic mass is 9.82. The maximum atomic E-state index is 11.3. The first-order valence-corrected chi connectivity index (χ1v) is 6.36. The predicted octanol–water partition coefficient (Wildman–Crippen LogP) is 1.42. The van der Waals surface area contributed by atoms with Crippen LogP contribution in [0, 0.1) is 12.3 Å². The lowest BCUT2D eigenvalue weighted by molar-refractivity contribution is -0.151. The summed E-state index contributed by atoms with van der Waals surface area (Å²) in [5.74, 6) is -0.687. The van der Waals surface area contributed by atoms with E-state index < -0.39 is 11.4 Å². The van der Waals surface area contributed by atoms with E-state index in [1.807, 2.05) is 25.6 Å². The lowest BCUT2D eigenvalue weighted by Gasteiger charge is -2.37. The lowest BCUT2D eigenvalue weighted by Crippen LogP contribution is -2.45. The Kier molecular flexibility index (Phi) is 3.43. The highest BCUT2D eigenvalue weighted by atomic mass is 16.4. The SMILES string of the molecule is Cc1cc(CN2CCCC(C)(C(=O)O)C2)n(C)n1. The predicted molar refractivity (Wildman–Crippen MR) is 68.2 cm³/mol. The number of aromatic nitrogens is 2. The number of nitrogens with zero attached hydrogens (tertiary/aromatic N) is 3. The molecule has 2 rings (SSSR count). The van der Waals surface area contributed by atoms with Crippen LogP contribution in [0.5, 0.6) is 0 Å². The van der Waals surface area contributed by atoms with Crippen LogP contribution in [-0.4, -0.2) is 38.8 Å². The van der Waals surface area contributed by atoms with Gasteiger partial charge in [-0.15, -0.1) is 0 Å². The fraction of sp³-hybridized carbons (Fsp3) is 0.692. The number of piperidine rings is 1. The molecular weight excluding hydrogens is 230 g/mol. The largest absolute Gasteiger partial charge is 0.481 e. The van der Waals surface area contributed by atoms with E-state index in [-0.39, 0.29) is 0 Å². The van der Waals surface area contributed by atoms with Gasteiger partial charge in [0.05, 0.1) is 16.8 Å². The molecule has 2 heterocycles. The maximum Gasteiger partial charge on any atom is 0.310 e. The second-order valence-electron chi connectivity index (χ2n) is 5.58. The molecule has 0 saturated carbocycles. The zero-order valence-corrected chi connectivity index (χ0v) is 11.3. The number of aliphatic carboxylic acids is 1. The molecule has 5 nitrogen and oxygen atoms in total. The van der Waals surface area contributed by atoms with E-state index in [0.717, 1.165) is 37.3 Å². The van der Waals surface area contributed by atoms with E-state index in [0.29, 0.717) is 6.54 Å². The standard InChI is InChI=1S/C13H21N3O2/c1-10-7-11(15(3)14-10)8-16-6-4-5-13(2,9-16)12(17)18/h7H,4-6,8-9H2,1-3H3,(H,17,18). The number of carboxylic acids is 1. The van der Waals surface area contributed by atoms with Crippen LogP contribution in [0.4, 0.5) is 0 Å². The molecule has 0 spiro atoms. The van der Waals surface area contributed by atoms with Crippen molar-refractivity contribution < 1.29 is 9.90 Å². The number of likely N-dealkylation sites (tertiary alicyclic amines) is 1. The minimum Gasteiger partial charge on any atom is -0.481 e. The first-order chi connectivity index (χ1) is 8.40. The van der Waals surface area contributed by atoms with Crippen LogP contribution in [0.15, 0.2) is 6.07 Å². The number of carbonyl (C=O) groups is 1. The summed E-state index contributed by atoms with van der Waals surface area (Å²) in [6.07, 6.45) is 1.71. The molecule has 1 N–H and O–H groups in total. The van der Waals surface area contributed by atoms with E-state index in [9.17, 15) is 9.90 Å². The average Bonchev–Trinajstić information content (AvgIpc) is 2.57. The number of rotatable bonds is 3. The molecule has 1 unspecified atom stereocenters. The zero-order chi connectivity index (χ0) is 13.3. The van der Waals surface area contributed by atoms with Crippen LogP contribution in [0.25, 0.3) is 0 Å². The summed E-state index contributed by atoms with van der Waals surface area (Å²) in [6, 6.07) is 2.06. The van der Waals surface area contributed by atoms with Gasteiger partial charge in [-0.3, -0.25) is 14.4 Å². The summed E-state index contributed by atoms with van der Waals surface area (Å²) >= 11 is 0. The van der Waals surface area contributed by atoms with E-state index in [1.54, 1.807) is 0 Å². The van der Waals surface area contributed by atoms with Crippen molar-refractivity contribution in [2.24, 2.45) is 12.5 Å². The molecular formula is C13H21N3O2. The molecule has 0 amide bonds.